The van der Waals surface area contributed by atoms with Crippen molar-refractivity contribution in [2.45, 2.75) is 31.6 Å². The number of hydrogen-bond acceptors (Lipinski definition) is 0. The van der Waals surface area contributed by atoms with E-state index in [2.05, 4.69) is 32.1 Å². The molecule has 0 spiro atoms. The van der Waals surface area contributed by atoms with Gasteiger partial charge in [0.2, 0.25) is 0 Å². The summed E-state index contributed by atoms with van der Waals surface area (Å²) < 4.78 is 0. The number of rotatable bonds is 1. The van der Waals surface area contributed by atoms with Crippen molar-refractivity contribution < 1.29 is 0 Å². The quantitative estimate of drug-likeness (QED) is 0.512. The molecule has 0 saturated carbocycles. The Morgan fingerprint density at radius 2 is 2.40 bits per heavy atom. The zero-order chi connectivity index (χ0) is 7.61. The van der Waals surface area contributed by atoms with Crippen molar-refractivity contribution in [1.82, 2.24) is 0 Å². The van der Waals surface area contributed by atoms with Gasteiger partial charge in [0.05, 0.1) is 4.87 Å². The van der Waals surface area contributed by atoms with E-state index in [1.54, 1.807) is 0 Å². The molecule has 0 fully saturated rings. The van der Waals surface area contributed by atoms with Crippen molar-refractivity contribution >= 4 is 11.6 Å². The first-order chi connectivity index (χ1) is 4.66. The molecule has 0 heterocycles. The van der Waals surface area contributed by atoms with Gasteiger partial charge in [-0.05, 0) is 19.8 Å². The van der Waals surface area contributed by atoms with Crippen LogP contribution >= 0.6 is 11.6 Å². The van der Waals surface area contributed by atoms with Gasteiger partial charge in [-0.2, -0.15) is 0 Å². The third kappa shape index (κ3) is 1.63. The lowest BCUT2D eigenvalue weighted by molar-refractivity contribution is 0.672. The van der Waals surface area contributed by atoms with Gasteiger partial charge in [-0.3, -0.25) is 0 Å². The molecule has 1 heteroatoms. The lowest BCUT2D eigenvalue weighted by Crippen LogP contribution is -2.17. The molecular weight excluding hydrogens is 144 g/mol. The lowest BCUT2D eigenvalue weighted by atomic mass is 9.94. The van der Waals surface area contributed by atoms with Gasteiger partial charge in [0.1, 0.15) is 0 Å². The van der Waals surface area contributed by atoms with Crippen LogP contribution in [-0.2, 0) is 0 Å². The van der Waals surface area contributed by atoms with E-state index in [-0.39, 0.29) is 4.87 Å². The largest absolute Gasteiger partial charge is 0.114 e. The second-order valence-corrected chi connectivity index (χ2v) is 3.63. The topological polar surface area (TPSA) is 0 Å². The Bertz CT molecular complexity index is 179. The van der Waals surface area contributed by atoms with Gasteiger partial charge in [-0.15, -0.1) is 11.6 Å². The highest BCUT2D eigenvalue weighted by Gasteiger charge is 2.21. The first-order valence-electron chi connectivity index (χ1n) is 3.71. The summed E-state index contributed by atoms with van der Waals surface area (Å²) in [6, 6.07) is 0. The predicted octanol–water partition coefficient (Wildman–Crippen LogP) is 3.28. The maximum absolute atomic E-state index is 6.19. The van der Waals surface area contributed by atoms with Crippen molar-refractivity contribution in [1.29, 1.82) is 0 Å². The first kappa shape index (κ1) is 7.87. The van der Waals surface area contributed by atoms with E-state index in [0.29, 0.717) is 0 Å². The second-order valence-electron chi connectivity index (χ2n) is 2.87. The molecule has 0 bridgehead atoms. The Kier molecular flexibility index (Phi) is 2.20. The zero-order valence-electron chi connectivity index (χ0n) is 6.52. The molecule has 0 aromatic heterocycles. The molecule has 0 aromatic rings. The van der Waals surface area contributed by atoms with E-state index in [1.807, 2.05) is 0 Å². The predicted molar refractivity (Wildman–Crippen MR) is 46.4 cm³/mol. The summed E-state index contributed by atoms with van der Waals surface area (Å²) in [6.07, 6.45) is 8.38. The van der Waals surface area contributed by atoms with Crippen LogP contribution in [-0.4, -0.2) is 4.87 Å². The first-order valence-corrected chi connectivity index (χ1v) is 4.09. The van der Waals surface area contributed by atoms with Crippen molar-refractivity contribution in [3.8, 4) is 0 Å². The molecule has 1 rings (SSSR count). The highest BCUT2D eigenvalue weighted by Crippen LogP contribution is 2.30. The summed E-state index contributed by atoms with van der Waals surface area (Å²) >= 11 is 6.19. The minimum Gasteiger partial charge on any atom is -0.114 e. The Labute approximate surface area is 67.6 Å². The average Bonchev–Trinajstić information content (AvgIpc) is 1.96. The third-order valence-electron chi connectivity index (χ3n) is 2.00. The van der Waals surface area contributed by atoms with E-state index >= 15 is 0 Å². The standard InChI is InChI=1S/C9H13Cl/c1-3-9(10)6-4-8(2)5-7-9/h4-6H,3,7H2,1-2H3. The minimum absolute atomic E-state index is 0.0838. The van der Waals surface area contributed by atoms with E-state index < -0.39 is 0 Å². The van der Waals surface area contributed by atoms with E-state index in [1.165, 1.54) is 5.57 Å². The van der Waals surface area contributed by atoms with Crippen LogP contribution in [0.15, 0.2) is 23.8 Å². The molecule has 0 radical (unpaired) electrons. The van der Waals surface area contributed by atoms with Gasteiger partial charge in [0, 0.05) is 0 Å². The number of hydrogen-bond donors (Lipinski definition) is 0. The van der Waals surface area contributed by atoms with Crippen LogP contribution in [0.1, 0.15) is 26.7 Å². The second kappa shape index (κ2) is 2.79. The summed E-state index contributed by atoms with van der Waals surface area (Å²) in [4.78, 5) is -0.0838. The SMILES string of the molecule is CCC1(Cl)C=CC(C)=CC1. The monoisotopic (exact) mass is 156 g/mol. The Balaban J connectivity index is 2.67. The van der Waals surface area contributed by atoms with E-state index in [0.717, 1.165) is 12.8 Å². The maximum atomic E-state index is 6.19. The molecule has 0 saturated heterocycles. The van der Waals surface area contributed by atoms with Crippen LogP contribution in [0.25, 0.3) is 0 Å². The summed E-state index contributed by atoms with van der Waals surface area (Å²) in [5.41, 5.74) is 1.32. The molecule has 0 aliphatic heterocycles. The molecule has 1 aliphatic carbocycles. The van der Waals surface area contributed by atoms with Crippen LogP contribution < -0.4 is 0 Å². The van der Waals surface area contributed by atoms with Gasteiger partial charge >= 0.3 is 0 Å². The minimum atomic E-state index is -0.0838. The number of halogens is 1. The summed E-state index contributed by atoms with van der Waals surface area (Å²) in [7, 11) is 0. The normalized spacial score (nSPS) is 32.1. The molecule has 1 aliphatic rings. The fourth-order valence-corrected chi connectivity index (χ4v) is 1.15. The van der Waals surface area contributed by atoms with Crippen LogP contribution in [0.3, 0.4) is 0 Å². The van der Waals surface area contributed by atoms with Crippen molar-refractivity contribution in [3.63, 3.8) is 0 Å². The molecule has 10 heavy (non-hydrogen) atoms. The van der Waals surface area contributed by atoms with E-state index in [9.17, 15) is 0 Å². The molecule has 0 amide bonds. The Morgan fingerprint density at radius 3 is 2.80 bits per heavy atom. The highest BCUT2D eigenvalue weighted by molar-refractivity contribution is 6.25. The van der Waals surface area contributed by atoms with Crippen LogP contribution in [0.5, 0.6) is 0 Å². The summed E-state index contributed by atoms with van der Waals surface area (Å²) in [5.74, 6) is 0. The van der Waals surface area contributed by atoms with Crippen LogP contribution in [0.4, 0.5) is 0 Å². The van der Waals surface area contributed by atoms with Crippen LogP contribution in [0, 0.1) is 0 Å². The van der Waals surface area contributed by atoms with Gasteiger partial charge < -0.3 is 0 Å². The van der Waals surface area contributed by atoms with Crippen molar-refractivity contribution in [2.24, 2.45) is 0 Å². The van der Waals surface area contributed by atoms with Crippen LogP contribution in [0.2, 0.25) is 0 Å². The highest BCUT2D eigenvalue weighted by atomic mass is 35.5. The molecular formula is C9H13Cl. The summed E-state index contributed by atoms with van der Waals surface area (Å²) in [5, 5.41) is 0. The van der Waals surface area contributed by atoms with Gasteiger partial charge in [-0.25, -0.2) is 0 Å². The van der Waals surface area contributed by atoms with Crippen molar-refractivity contribution in [2.75, 3.05) is 0 Å². The number of allylic oxidation sites excluding steroid dienone is 4. The smallest absolute Gasteiger partial charge is 0.0661 e. The maximum Gasteiger partial charge on any atom is 0.0661 e. The molecule has 56 valence electrons. The molecule has 0 nitrogen and oxygen atoms in total. The lowest BCUT2D eigenvalue weighted by Gasteiger charge is -2.22. The molecule has 0 aromatic carbocycles. The Hall–Kier alpha value is -0.230. The zero-order valence-corrected chi connectivity index (χ0v) is 7.28. The van der Waals surface area contributed by atoms with E-state index in [4.69, 9.17) is 11.6 Å². The fourth-order valence-electron chi connectivity index (χ4n) is 1.01. The van der Waals surface area contributed by atoms with Gasteiger partial charge in [0.15, 0.2) is 0 Å². The van der Waals surface area contributed by atoms with Gasteiger partial charge in [-0.1, -0.05) is 30.7 Å². The Morgan fingerprint density at radius 1 is 1.70 bits per heavy atom. The van der Waals surface area contributed by atoms with Crippen molar-refractivity contribution in [3.05, 3.63) is 23.8 Å². The number of alkyl halides is 1. The molecule has 1 atom stereocenters. The summed E-state index contributed by atoms with van der Waals surface area (Å²) in [6.45, 7) is 4.22. The fraction of sp³-hybridized carbons (Fsp3) is 0.556. The van der Waals surface area contributed by atoms with Gasteiger partial charge in [0.25, 0.3) is 0 Å². The molecule has 1 unspecified atom stereocenters. The average molecular weight is 157 g/mol. The molecule has 0 N–H and O–H groups in total. The third-order valence-corrected chi connectivity index (χ3v) is 2.54.